The molecule has 0 amide bonds. The highest BCUT2D eigenvalue weighted by Gasteiger charge is 2.13. The minimum absolute atomic E-state index is 0.00966. The van der Waals surface area contributed by atoms with Crippen molar-refractivity contribution in [2.24, 2.45) is 4.99 Å². The molecule has 6 heteroatoms. The third-order valence-corrected chi connectivity index (χ3v) is 5.68. The van der Waals surface area contributed by atoms with Gasteiger partial charge in [0.1, 0.15) is 11.3 Å². The van der Waals surface area contributed by atoms with Gasteiger partial charge in [-0.1, -0.05) is 47.5 Å². The van der Waals surface area contributed by atoms with Crippen LogP contribution in [0.15, 0.2) is 76.1 Å². The Bertz CT molecular complexity index is 1490. The Kier molecular flexibility index (Phi) is 4.89. The molecule has 1 N–H and O–H groups in total. The molecule has 0 bridgehead atoms. The summed E-state index contributed by atoms with van der Waals surface area (Å²) in [5.41, 5.74) is 4.41. The number of oxazole rings is 1. The lowest BCUT2D eigenvalue weighted by Crippen LogP contribution is -1.85. The summed E-state index contributed by atoms with van der Waals surface area (Å²) >= 11 is 12.4. The summed E-state index contributed by atoms with van der Waals surface area (Å²) in [4.78, 5) is 9.14. The molecule has 0 saturated carbocycles. The number of aryl methyl sites for hydroxylation is 1. The van der Waals surface area contributed by atoms with Crippen LogP contribution >= 0.6 is 23.2 Å². The summed E-state index contributed by atoms with van der Waals surface area (Å²) in [6.45, 7) is 1.91. The van der Waals surface area contributed by atoms with Crippen molar-refractivity contribution < 1.29 is 9.52 Å². The zero-order chi connectivity index (χ0) is 21.5. The number of benzene rings is 4. The van der Waals surface area contributed by atoms with Crippen molar-refractivity contribution in [2.45, 2.75) is 6.92 Å². The van der Waals surface area contributed by atoms with Gasteiger partial charge in [-0.15, -0.1) is 0 Å². The molecule has 5 aromatic rings. The Morgan fingerprint density at radius 3 is 2.61 bits per heavy atom. The Morgan fingerprint density at radius 1 is 0.935 bits per heavy atom. The standard InChI is InChI=1S/C25H16Cl2N2O2/c1-14-10-15(24(30)21(27)11-14)13-28-16-8-9-23-22(12-16)29-25(31-23)19-6-2-5-18-17(19)4-3-7-20(18)26/h2-13,30H,1H3. The maximum absolute atomic E-state index is 10.1. The van der Waals surface area contributed by atoms with Crippen LogP contribution in [0.25, 0.3) is 33.3 Å². The predicted molar refractivity (Wildman–Crippen MR) is 127 cm³/mol. The van der Waals surface area contributed by atoms with E-state index in [2.05, 4.69) is 9.98 Å². The van der Waals surface area contributed by atoms with Crippen molar-refractivity contribution in [1.29, 1.82) is 0 Å². The molecule has 0 aliphatic heterocycles. The van der Waals surface area contributed by atoms with Crippen molar-refractivity contribution in [3.8, 4) is 17.2 Å². The van der Waals surface area contributed by atoms with Gasteiger partial charge in [0.05, 0.1) is 10.7 Å². The summed E-state index contributed by atoms with van der Waals surface area (Å²) in [7, 11) is 0. The molecule has 0 saturated heterocycles. The highest BCUT2D eigenvalue weighted by molar-refractivity contribution is 6.35. The molecule has 152 valence electrons. The smallest absolute Gasteiger partial charge is 0.227 e. The Labute approximate surface area is 188 Å². The van der Waals surface area contributed by atoms with E-state index in [1.165, 1.54) is 0 Å². The molecular weight excluding hydrogens is 431 g/mol. The number of nitrogens with zero attached hydrogens (tertiary/aromatic N) is 2. The van der Waals surface area contributed by atoms with E-state index in [9.17, 15) is 5.11 Å². The molecule has 4 aromatic carbocycles. The fourth-order valence-electron chi connectivity index (χ4n) is 3.57. The number of aromatic nitrogens is 1. The van der Waals surface area contributed by atoms with Gasteiger partial charge < -0.3 is 9.52 Å². The monoisotopic (exact) mass is 446 g/mol. The average molecular weight is 447 g/mol. The van der Waals surface area contributed by atoms with E-state index in [1.54, 1.807) is 12.3 Å². The van der Waals surface area contributed by atoms with Gasteiger partial charge in [-0.25, -0.2) is 4.98 Å². The summed E-state index contributed by atoms with van der Waals surface area (Å²) < 4.78 is 6.01. The highest BCUT2D eigenvalue weighted by atomic mass is 35.5. The quantitative estimate of drug-likeness (QED) is 0.288. The van der Waals surface area contributed by atoms with Gasteiger partial charge in [-0.05, 0) is 60.3 Å². The second kappa shape index (κ2) is 7.73. The van der Waals surface area contributed by atoms with Gasteiger partial charge in [0.15, 0.2) is 5.58 Å². The molecule has 31 heavy (non-hydrogen) atoms. The van der Waals surface area contributed by atoms with E-state index < -0.39 is 0 Å². The molecule has 1 heterocycles. The first-order chi connectivity index (χ1) is 15.0. The largest absolute Gasteiger partial charge is 0.506 e. The van der Waals surface area contributed by atoms with Gasteiger partial charge in [0, 0.05) is 27.8 Å². The van der Waals surface area contributed by atoms with Crippen molar-refractivity contribution in [2.75, 3.05) is 0 Å². The number of aliphatic imine (C=N–C) groups is 1. The fourth-order valence-corrected chi connectivity index (χ4v) is 4.09. The molecule has 5 rings (SSSR count). The number of rotatable bonds is 3. The van der Waals surface area contributed by atoms with E-state index in [-0.39, 0.29) is 5.75 Å². The summed E-state index contributed by atoms with van der Waals surface area (Å²) in [5, 5.41) is 13.1. The molecular formula is C25H16Cl2N2O2. The number of halogens is 2. The third-order valence-electron chi connectivity index (χ3n) is 5.06. The fraction of sp³-hybridized carbons (Fsp3) is 0.0400. The van der Waals surface area contributed by atoms with Crippen LogP contribution in [0.1, 0.15) is 11.1 Å². The van der Waals surface area contributed by atoms with Gasteiger partial charge >= 0.3 is 0 Å². The zero-order valence-electron chi connectivity index (χ0n) is 16.4. The Morgan fingerprint density at radius 2 is 1.74 bits per heavy atom. The number of hydrogen-bond donors (Lipinski definition) is 1. The van der Waals surface area contributed by atoms with Crippen LogP contribution in [0.3, 0.4) is 0 Å². The lowest BCUT2D eigenvalue weighted by Gasteiger charge is -2.04. The van der Waals surface area contributed by atoms with E-state index in [4.69, 9.17) is 27.6 Å². The molecule has 0 unspecified atom stereocenters. The molecule has 0 aliphatic rings. The maximum Gasteiger partial charge on any atom is 0.227 e. The first kappa shape index (κ1) is 19.6. The summed E-state index contributed by atoms with van der Waals surface area (Å²) in [6.07, 6.45) is 1.59. The lowest BCUT2D eigenvalue weighted by molar-refractivity contribution is 0.474. The van der Waals surface area contributed by atoms with Gasteiger partial charge in [0.25, 0.3) is 0 Å². The topological polar surface area (TPSA) is 58.6 Å². The van der Waals surface area contributed by atoms with Gasteiger partial charge in [-0.3, -0.25) is 4.99 Å². The Balaban J connectivity index is 1.54. The van der Waals surface area contributed by atoms with Crippen molar-refractivity contribution in [3.63, 3.8) is 0 Å². The van der Waals surface area contributed by atoms with Crippen LogP contribution in [-0.4, -0.2) is 16.3 Å². The van der Waals surface area contributed by atoms with Gasteiger partial charge in [0.2, 0.25) is 5.89 Å². The lowest BCUT2D eigenvalue weighted by atomic mass is 10.0. The van der Waals surface area contributed by atoms with Crippen LogP contribution in [0.2, 0.25) is 10.0 Å². The summed E-state index contributed by atoms with van der Waals surface area (Å²) in [6, 6.07) is 20.7. The SMILES string of the molecule is Cc1cc(Cl)c(O)c(C=Nc2ccc3oc(-c4cccc5c(Cl)cccc45)nc3c2)c1. The van der Waals surface area contributed by atoms with E-state index >= 15 is 0 Å². The molecule has 0 fully saturated rings. The molecule has 4 nitrogen and oxygen atoms in total. The van der Waals surface area contributed by atoms with E-state index in [1.807, 2.05) is 67.6 Å². The van der Waals surface area contributed by atoms with E-state index in [0.29, 0.717) is 38.3 Å². The van der Waals surface area contributed by atoms with Crippen LogP contribution in [-0.2, 0) is 0 Å². The second-order valence-electron chi connectivity index (χ2n) is 7.25. The Hall–Kier alpha value is -3.34. The van der Waals surface area contributed by atoms with Crippen LogP contribution in [0.5, 0.6) is 5.75 Å². The minimum Gasteiger partial charge on any atom is -0.506 e. The first-order valence-corrected chi connectivity index (χ1v) is 10.4. The summed E-state index contributed by atoms with van der Waals surface area (Å²) in [5.74, 6) is 0.530. The highest BCUT2D eigenvalue weighted by Crippen LogP contribution is 2.34. The number of hydrogen-bond acceptors (Lipinski definition) is 4. The number of phenolic OH excluding ortho intramolecular Hbond substituents is 1. The molecule has 0 spiro atoms. The van der Waals surface area contributed by atoms with Crippen LogP contribution in [0, 0.1) is 6.92 Å². The first-order valence-electron chi connectivity index (χ1n) is 9.61. The van der Waals surface area contributed by atoms with Crippen molar-refractivity contribution >= 4 is 57.0 Å². The van der Waals surface area contributed by atoms with E-state index in [0.717, 1.165) is 21.9 Å². The van der Waals surface area contributed by atoms with Gasteiger partial charge in [-0.2, -0.15) is 0 Å². The molecule has 0 atom stereocenters. The van der Waals surface area contributed by atoms with Crippen molar-refractivity contribution in [3.05, 3.63) is 87.9 Å². The van der Waals surface area contributed by atoms with Crippen molar-refractivity contribution in [1.82, 2.24) is 4.98 Å². The zero-order valence-corrected chi connectivity index (χ0v) is 17.9. The number of fused-ring (bicyclic) bond motifs is 2. The third kappa shape index (κ3) is 3.65. The van der Waals surface area contributed by atoms with Crippen LogP contribution in [0.4, 0.5) is 5.69 Å². The number of phenols is 1. The average Bonchev–Trinajstić information content (AvgIpc) is 3.18. The predicted octanol–water partition coefficient (Wildman–Crippen LogP) is 7.72. The molecule has 0 aliphatic carbocycles. The maximum atomic E-state index is 10.1. The normalized spacial score (nSPS) is 11.7. The second-order valence-corrected chi connectivity index (χ2v) is 8.07. The van der Waals surface area contributed by atoms with Crippen LogP contribution < -0.4 is 0 Å². The molecule has 0 radical (unpaired) electrons. The minimum atomic E-state index is 0.00966. The number of aromatic hydroxyl groups is 1. The molecule has 1 aromatic heterocycles.